The molecule has 0 saturated heterocycles. The van der Waals surface area contributed by atoms with Gasteiger partial charge in [0.05, 0.1) is 13.7 Å². The molecule has 6 heteroatoms. The van der Waals surface area contributed by atoms with E-state index in [1.54, 1.807) is 25.6 Å². The molecular formula is C15H21N3O2S. The van der Waals surface area contributed by atoms with E-state index in [1.165, 1.54) is 0 Å². The van der Waals surface area contributed by atoms with Crippen LogP contribution in [0.4, 0.5) is 0 Å². The summed E-state index contributed by atoms with van der Waals surface area (Å²) in [6, 6.07) is 6.11. The summed E-state index contributed by atoms with van der Waals surface area (Å²) in [6.07, 6.45) is 0.879. The summed E-state index contributed by atoms with van der Waals surface area (Å²) in [5.74, 6) is 0.880. The third kappa shape index (κ3) is 4.49. The molecule has 0 aliphatic carbocycles. The van der Waals surface area contributed by atoms with Gasteiger partial charge < -0.3 is 14.8 Å². The van der Waals surface area contributed by atoms with Crippen molar-refractivity contribution >= 4 is 11.3 Å². The van der Waals surface area contributed by atoms with Crippen LogP contribution in [0.3, 0.4) is 0 Å². The molecule has 5 nitrogen and oxygen atoms in total. The molecule has 1 heterocycles. The highest BCUT2D eigenvalue weighted by Crippen LogP contribution is 2.28. The molecule has 0 amide bonds. The Bertz CT molecular complexity index is 572. The van der Waals surface area contributed by atoms with Crippen molar-refractivity contribution in [2.45, 2.75) is 13.3 Å². The fourth-order valence-electron chi connectivity index (χ4n) is 1.92. The van der Waals surface area contributed by atoms with Crippen molar-refractivity contribution in [1.82, 2.24) is 15.5 Å². The highest BCUT2D eigenvalue weighted by atomic mass is 32.1. The number of rotatable bonds is 8. The molecule has 0 atom stereocenters. The van der Waals surface area contributed by atoms with Crippen LogP contribution in [0.15, 0.2) is 18.2 Å². The first-order chi connectivity index (χ1) is 10.2. The zero-order chi connectivity index (χ0) is 15.1. The summed E-state index contributed by atoms with van der Waals surface area (Å²) in [5, 5.41) is 13.8. The predicted octanol–water partition coefficient (Wildman–Crippen LogP) is 2.30. The highest BCUT2D eigenvalue weighted by Gasteiger charge is 2.08. The number of hydrogen-bond donors (Lipinski definition) is 1. The topological polar surface area (TPSA) is 56.3 Å². The van der Waals surface area contributed by atoms with Crippen molar-refractivity contribution < 1.29 is 9.47 Å². The van der Waals surface area contributed by atoms with E-state index in [4.69, 9.17) is 9.47 Å². The monoisotopic (exact) mass is 307 g/mol. The third-order valence-corrected chi connectivity index (χ3v) is 4.15. The third-order valence-electron chi connectivity index (χ3n) is 3.12. The van der Waals surface area contributed by atoms with Gasteiger partial charge in [-0.3, -0.25) is 0 Å². The maximum Gasteiger partial charge on any atom is 0.147 e. The number of benzene rings is 1. The van der Waals surface area contributed by atoms with Crippen LogP contribution in [0.2, 0.25) is 0 Å². The molecule has 0 aliphatic heterocycles. The van der Waals surface area contributed by atoms with Crippen LogP contribution < -0.4 is 10.1 Å². The van der Waals surface area contributed by atoms with Crippen molar-refractivity contribution in [1.29, 1.82) is 0 Å². The van der Waals surface area contributed by atoms with Crippen molar-refractivity contribution in [3.05, 3.63) is 28.8 Å². The Balaban J connectivity index is 1.96. The Morgan fingerprint density at radius 2 is 2.05 bits per heavy atom. The van der Waals surface area contributed by atoms with Gasteiger partial charge in [-0.2, -0.15) is 0 Å². The molecule has 1 aromatic heterocycles. The van der Waals surface area contributed by atoms with Crippen LogP contribution >= 0.6 is 11.3 Å². The van der Waals surface area contributed by atoms with Gasteiger partial charge in [-0.1, -0.05) is 23.5 Å². The van der Waals surface area contributed by atoms with E-state index in [2.05, 4.69) is 21.6 Å². The molecular weight excluding hydrogens is 286 g/mol. The van der Waals surface area contributed by atoms with E-state index in [0.717, 1.165) is 53.0 Å². The Morgan fingerprint density at radius 1 is 1.19 bits per heavy atom. The number of aryl methyl sites for hydroxylation is 1. The molecule has 1 N–H and O–H groups in total. The summed E-state index contributed by atoms with van der Waals surface area (Å²) in [5.41, 5.74) is 2.17. The van der Waals surface area contributed by atoms with Gasteiger partial charge in [-0.25, -0.2) is 0 Å². The van der Waals surface area contributed by atoms with Crippen LogP contribution in [-0.4, -0.2) is 44.1 Å². The van der Waals surface area contributed by atoms with Gasteiger partial charge in [-0.05, 0) is 18.6 Å². The normalized spacial score (nSPS) is 10.8. The highest BCUT2D eigenvalue weighted by molar-refractivity contribution is 7.14. The molecule has 114 valence electrons. The van der Waals surface area contributed by atoms with Gasteiger partial charge >= 0.3 is 0 Å². The van der Waals surface area contributed by atoms with Gasteiger partial charge in [0.2, 0.25) is 0 Å². The van der Waals surface area contributed by atoms with Crippen LogP contribution in [-0.2, 0) is 11.2 Å². The van der Waals surface area contributed by atoms with E-state index < -0.39 is 0 Å². The lowest BCUT2D eigenvalue weighted by molar-refractivity contribution is 0.199. The molecule has 0 radical (unpaired) electrons. The number of methoxy groups -OCH3 is 2. The minimum absolute atomic E-state index is 0.727. The molecule has 0 saturated carbocycles. The fourth-order valence-corrected chi connectivity index (χ4v) is 2.75. The fraction of sp³-hybridized carbons (Fsp3) is 0.467. The second-order valence-corrected chi connectivity index (χ2v) is 5.74. The smallest absolute Gasteiger partial charge is 0.147 e. The number of hydrogen-bond acceptors (Lipinski definition) is 6. The van der Waals surface area contributed by atoms with Gasteiger partial charge in [0.25, 0.3) is 0 Å². The van der Waals surface area contributed by atoms with Crippen LogP contribution in [0, 0.1) is 6.92 Å². The van der Waals surface area contributed by atoms with Crippen molar-refractivity contribution in [3.63, 3.8) is 0 Å². The van der Waals surface area contributed by atoms with E-state index in [0.29, 0.717) is 0 Å². The molecule has 2 rings (SSSR count). The first-order valence-corrected chi connectivity index (χ1v) is 7.73. The SMILES string of the molecule is COCCNCCc1nnc(-c2ccc(C)c(OC)c2)s1. The molecule has 2 aromatic rings. The second-order valence-electron chi connectivity index (χ2n) is 4.68. The van der Waals surface area contributed by atoms with Crippen LogP contribution in [0.5, 0.6) is 5.75 Å². The minimum atomic E-state index is 0.727. The summed E-state index contributed by atoms with van der Waals surface area (Å²) in [7, 11) is 3.39. The average Bonchev–Trinajstić information content (AvgIpc) is 2.96. The van der Waals surface area contributed by atoms with E-state index >= 15 is 0 Å². The van der Waals surface area contributed by atoms with Gasteiger partial charge in [0.15, 0.2) is 0 Å². The van der Waals surface area contributed by atoms with Crippen molar-refractivity contribution in [2.75, 3.05) is 33.9 Å². The molecule has 1 aromatic carbocycles. The van der Waals surface area contributed by atoms with Gasteiger partial charge in [0, 0.05) is 32.2 Å². The summed E-state index contributed by atoms with van der Waals surface area (Å²) >= 11 is 1.63. The lowest BCUT2D eigenvalue weighted by Gasteiger charge is -2.05. The molecule has 0 spiro atoms. The molecule has 0 bridgehead atoms. The van der Waals surface area contributed by atoms with Crippen molar-refractivity contribution in [3.8, 4) is 16.3 Å². The number of nitrogens with zero attached hydrogens (tertiary/aromatic N) is 2. The summed E-state index contributed by atoms with van der Waals surface area (Å²) < 4.78 is 10.3. The summed E-state index contributed by atoms with van der Waals surface area (Å²) in [4.78, 5) is 0. The predicted molar refractivity (Wildman–Crippen MR) is 85.1 cm³/mol. The Morgan fingerprint density at radius 3 is 2.81 bits per heavy atom. The van der Waals surface area contributed by atoms with E-state index in [1.807, 2.05) is 19.1 Å². The maximum atomic E-state index is 5.35. The molecule has 0 fully saturated rings. The Labute approximate surface area is 129 Å². The number of nitrogens with one attached hydrogen (secondary N) is 1. The lowest BCUT2D eigenvalue weighted by Crippen LogP contribution is -2.21. The number of ether oxygens (including phenoxy) is 2. The largest absolute Gasteiger partial charge is 0.496 e. The zero-order valence-corrected chi connectivity index (χ0v) is 13.5. The molecule has 0 aliphatic rings. The van der Waals surface area contributed by atoms with E-state index in [-0.39, 0.29) is 0 Å². The quantitative estimate of drug-likeness (QED) is 0.758. The van der Waals surface area contributed by atoms with Crippen LogP contribution in [0.25, 0.3) is 10.6 Å². The standard InChI is InChI=1S/C15H21N3O2S/c1-11-4-5-12(10-13(11)20-3)15-18-17-14(21-15)6-7-16-8-9-19-2/h4-5,10,16H,6-9H2,1-3H3. The lowest BCUT2D eigenvalue weighted by atomic mass is 10.1. The second kappa shape index (κ2) is 8.07. The van der Waals surface area contributed by atoms with E-state index in [9.17, 15) is 0 Å². The Hall–Kier alpha value is -1.50. The molecule has 0 unspecified atom stereocenters. The minimum Gasteiger partial charge on any atom is -0.496 e. The zero-order valence-electron chi connectivity index (χ0n) is 12.7. The maximum absolute atomic E-state index is 5.35. The molecule has 21 heavy (non-hydrogen) atoms. The first kappa shape index (κ1) is 15.9. The van der Waals surface area contributed by atoms with Gasteiger partial charge in [0.1, 0.15) is 15.8 Å². The van der Waals surface area contributed by atoms with Gasteiger partial charge in [-0.15, -0.1) is 10.2 Å². The Kier molecular flexibility index (Phi) is 6.10. The van der Waals surface area contributed by atoms with Crippen LogP contribution in [0.1, 0.15) is 10.6 Å². The van der Waals surface area contributed by atoms with Crippen molar-refractivity contribution in [2.24, 2.45) is 0 Å². The average molecular weight is 307 g/mol. The first-order valence-electron chi connectivity index (χ1n) is 6.91. The number of aromatic nitrogens is 2. The summed E-state index contributed by atoms with van der Waals surface area (Å²) in [6.45, 7) is 4.50.